The van der Waals surface area contributed by atoms with Gasteiger partial charge in [0, 0.05) is 11.6 Å². The van der Waals surface area contributed by atoms with Gasteiger partial charge in [0.05, 0.1) is 30.5 Å². The zero-order chi connectivity index (χ0) is 13.1. The summed E-state index contributed by atoms with van der Waals surface area (Å²) in [5.74, 6) is -0.950. The summed E-state index contributed by atoms with van der Waals surface area (Å²) in [5, 5.41) is 9.71. The smallest absolute Gasteiger partial charge is 0.337 e. The topological polar surface area (TPSA) is 49.8 Å². The van der Waals surface area contributed by atoms with E-state index in [1.807, 2.05) is 0 Å². The van der Waals surface area contributed by atoms with Crippen molar-refractivity contribution in [1.82, 2.24) is 0 Å². The van der Waals surface area contributed by atoms with Gasteiger partial charge in [0.15, 0.2) is 0 Å². The van der Waals surface area contributed by atoms with Gasteiger partial charge in [-0.25, -0.2) is 4.79 Å². The maximum absolute atomic E-state index is 11.3. The summed E-state index contributed by atoms with van der Waals surface area (Å²) in [6, 6.07) is 5.23. The zero-order valence-corrected chi connectivity index (χ0v) is 11.0. The van der Waals surface area contributed by atoms with E-state index in [1.165, 1.54) is 6.07 Å². The van der Waals surface area contributed by atoms with E-state index in [9.17, 15) is 9.90 Å². The number of carbonyl (C=O) groups is 1. The Kier molecular flexibility index (Phi) is 4.09. The van der Waals surface area contributed by atoms with Gasteiger partial charge in [-0.1, -0.05) is 18.5 Å². The minimum absolute atomic E-state index is 0.220. The number of rotatable bonds is 3. The van der Waals surface area contributed by atoms with Crippen molar-refractivity contribution in [1.29, 1.82) is 0 Å². The molecule has 0 bridgehead atoms. The van der Waals surface area contributed by atoms with Gasteiger partial charge >= 0.3 is 5.97 Å². The number of hydrogen-bond donors (Lipinski definition) is 1. The molecule has 1 unspecified atom stereocenters. The predicted octanol–water partition coefficient (Wildman–Crippen LogP) is 2.65. The van der Waals surface area contributed by atoms with Crippen molar-refractivity contribution in [2.24, 2.45) is 0 Å². The lowest BCUT2D eigenvalue weighted by atomic mass is 10.1. The maximum atomic E-state index is 11.3. The highest BCUT2D eigenvalue weighted by Crippen LogP contribution is 2.28. The molecule has 0 spiro atoms. The molecule has 5 heteroatoms. The molecule has 1 aromatic carbocycles. The Bertz CT molecular complexity index is 450. The van der Waals surface area contributed by atoms with Gasteiger partial charge in [-0.15, -0.1) is 0 Å². The van der Waals surface area contributed by atoms with Crippen LogP contribution < -0.4 is 4.90 Å². The Morgan fingerprint density at radius 2 is 2.39 bits per heavy atom. The Labute approximate surface area is 111 Å². The fourth-order valence-electron chi connectivity index (χ4n) is 2.24. The molecule has 0 aliphatic carbocycles. The van der Waals surface area contributed by atoms with Crippen LogP contribution >= 0.6 is 11.6 Å². The number of carboxylic acids is 1. The van der Waals surface area contributed by atoms with Crippen LogP contribution in [-0.4, -0.2) is 36.9 Å². The van der Waals surface area contributed by atoms with Crippen LogP contribution in [0.4, 0.5) is 5.69 Å². The molecule has 18 heavy (non-hydrogen) atoms. The van der Waals surface area contributed by atoms with Crippen molar-refractivity contribution in [3.05, 3.63) is 28.8 Å². The molecule has 1 saturated heterocycles. The van der Waals surface area contributed by atoms with Crippen LogP contribution in [0.1, 0.15) is 23.7 Å². The van der Waals surface area contributed by atoms with Crippen molar-refractivity contribution in [3.8, 4) is 0 Å². The van der Waals surface area contributed by atoms with Gasteiger partial charge in [0.2, 0.25) is 0 Å². The highest BCUT2D eigenvalue weighted by atomic mass is 35.5. The monoisotopic (exact) mass is 269 g/mol. The van der Waals surface area contributed by atoms with Gasteiger partial charge in [0.1, 0.15) is 0 Å². The highest BCUT2D eigenvalue weighted by molar-refractivity contribution is 6.31. The van der Waals surface area contributed by atoms with E-state index >= 15 is 0 Å². The normalized spacial score (nSPS) is 19.9. The summed E-state index contributed by atoms with van der Waals surface area (Å²) in [6.07, 6.45) is 0.918. The predicted molar refractivity (Wildman–Crippen MR) is 70.7 cm³/mol. The summed E-state index contributed by atoms with van der Waals surface area (Å²) in [4.78, 5) is 13.4. The number of ether oxygens (including phenoxy) is 1. The second-order valence-electron chi connectivity index (χ2n) is 4.30. The van der Waals surface area contributed by atoms with Gasteiger partial charge in [-0.2, -0.15) is 0 Å². The molecule has 1 heterocycles. The van der Waals surface area contributed by atoms with Crippen LogP contribution in [0.25, 0.3) is 0 Å². The van der Waals surface area contributed by atoms with Crippen molar-refractivity contribution in [2.45, 2.75) is 19.4 Å². The SMILES string of the molecule is CCC1COCCN1c1ccc(Cl)cc1C(=O)O. The highest BCUT2D eigenvalue weighted by Gasteiger charge is 2.25. The molecule has 1 aliphatic heterocycles. The van der Waals surface area contributed by atoms with E-state index in [1.54, 1.807) is 12.1 Å². The number of anilines is 1. The quantitative estimate of drug-likeness (QED) is 0.917. The third-order valence-corrected chi connectivity index (χ3v) is 3.43. The number of nitrogens with zero attached hydrogens (tertiary/aromatic N) is 1. The molecular formula is C13H16ClNO3. The first-order valence-corrected chi connectivity index (χ1v) is 6.38. The molecule has 98 valence electrons. The van der Waals surface area contributed by atoms with Crippen LogP contribution in [0, 0.1) is 0 Å². The van der Waals surface area contributed by atoms with Gasteiger partial charge in [-0.3, -0.25) is 0 Å². The molecule has 1 aromatic rings. The average Bonchev–Trinajstić information content (AvgIpc) is 2.38. The molecule has 1 N–H and O–H groups in total. The van der Waals surface area contributed by atoms with Gasteiger partial charge < -0.3 is 14.7 Å². The largest absolute Gasteiger partial charge is 0.478 e. The van der Waals surface area contributed by atoms with Crippen molar-refractivity contribution in [3.63, 3.8) is 0 Å². The van der Waals surface area contributed by atoms with Crippen molar-refractivity contribution in [2.75, 3.05) is 24.7 Å². The number of hydrogen-bond acceptors (Lipinski definition) is 3. The average molecular weight is 270 g/mol. The second kappa shape index (κ2) is 5.59. The van der Waals surface area contributed by atoms with Crippen LogP contribution in [0.5, 0.6) is 0 Å². The van der Waals surface area contributed by atoms with E-state index in [0.29, 0.717) is 24.8 Å². The van der Waals surface area contributed by atoms with E-state index in [4.69, 9.17) is 16.3 Å². The molecule has 0 amide bonds. The second-order valence-corrected chi connectivity index (χ2v) is 4.73. The van der Waals surface area contributed by atoms with Crippen LogP contribution in [-0.2, 0) is 4.74 Å². The summed E-state index contributed by atoms with van der Waals surface area (Å²) in [6.45, 7) is 4.04. The molecular weight excluding hydrogens is 254 g/mol. The summed E-state index contributed by atoms with van der Waals surface area (Å²) in [7, 11) is 0. The Hall–Kier alpha value is -1.26. The molecule has 1 fully saturated rings. The number of halogens is 1. The lowest BCUT2D eigenvalue weighted by molar-refractivity contribution is 0.0694. The van der Waals surface area contributed by atoms with Crippen molar-refractivity contribution < 1.29 is 14.6 Å². The minimum Gasteiger partial charge on any atom is -0.478 e. The molecule has 1 aliphatic rings. The number of carboxylic acid groups (broad SMARTS) is 1. The Morgan fingerprint density at radius 1 is 1.61 bits per heavy atom. The van der Waals surface area contributed by atoms with E-state index in [2.05, 4.69) is 11.8 Å². The first-order chi connectivity index (χ1) is 8.63. The third kappa shape index (κ3) is 2.60. The van der Waals surface area contributed by atoms with E-state index < -0.39 is 5.97 Å². The number of morpholine rings is 1. The summed E-state index contributed by atoms with van der Waals surface area (Å²) in [5.41, 5.74) is 0.977. The summed E-state index contributed by atoms with van der Waals surface area (Å²) < 4.78 is 5.43. The van der Waals surface area contributed by atoms with E-state index in [0.717, 1.165) is 12.1 Å². The van der Waals surface area contributed by atoms with E-state index in [-0.39, 0.29) is 11.6 Å². The van der Waals surface area contributed by atoms with Crippen LogP contribution in [0.2, 0.25) is 5.02 Å². The number of aromatic carboxylic acids is 1. The molecule has 0 aromatic heterocycles. The summed E-state index contributed by atoms with van der Waals surface area (Å²) >= 11 is 5.86. The first kappa shape index (κ1) is 13.2. The Balaban J connectivity index is 2.39. The first-order valence-electron chi connectivity index (χ1n) is 6.00. The molecule has 0 saturated carbocycles. The third-order valence-electron chi connectivity index (χ3n) is 3.20. The molecule has 0 radical (unpaired) electrons. The fourth-order valence-corrected chi connectivity index (χ4v) is 2.41. The number of benzene rings is 1. The lowest BCUT2D eigenvalue weighted by Gasteiger charge is -2.37. The van der Waals surface area contributed by atoms with Crippen LogP contribution in [0.15, 0.2) is 18.2 Å². The van der Waals surface area contributed by atoms with Gasteiger partial charge in [0.25, 0.3) is 0 Å². The fraction of sp³-hybridized carbons (Fsp3) is 0.462. The standard InChI is InChI=1S/C13H16ClNO3/c1-2-10-8-18-6-5-15(10)12-4-3-9(14)7-11(12)13(16)17/h3-4,7,10H,2,5-6,8H2,1H3,(H,16,17). The lowest BCUT2D eigenvalue weighted by Crippen LogP contribution is -2.45. The van der Waals surface area contributed by atoms with Crippen LogP contribution in [0.3, 0.4) is 0 Å². The maximum Gasteiger partial charge on any atom is 0.337 e. The zero-order valence-electron chi connectivity index (χ0n) is 10.2. The molecule has 4 nitrogen and oxygen atoms in total. The minimum atomic E-state index is -0.950. The molecule has 2 rings (SSSR count). The Morgan fingerprint density at radius 3 is 3.06 bits per heavy atom. The van der Waals surface area contributed by atoms with Crippen molar-refractivity contribution >= 4 is 23.3 Å². The van der Waals surface area contributed by atoms with Gasteiger partial charge in [-0.05, 0) is 24.6 Å². The molecule has 1 atom stereocenters.